The molecular weight excluding hydrogens is 230 g/mol. The van der Waals surface area contributed by atoms with Crippen molar-refractivity contribution in [2.75, 3.05) is 6.61 Å². The lowest BCUT2D eigenvalue weighted by atomic mass is 10.3. The normalized spacial score (nSPS) is 11.1. The molecule has 0 fully saturated rings. The van der Waals surface area contributed by atoms with Gasteiger partial charge in [0.05, 0.1) is 5.02 Å². The number of carbonyl (C=O) groups is 1. The van der Waals surface area contributed by atoms with E-state index in [1.165, 1.54) is 12.1 Å². The van der Waals surface area contributed by atoms with Crippen molar-refractivity contribution in [2.24, 2.45) is 0 Å². The van der Waals surface area contributed by atoms with Gasteiger partial charge in [0.2, 0.25) is 0 Å². The second-order valence-corrected chi connectivity index (χ2v) is 3.14. The molecule has 0 spiro atoms. The van der Waals surface area contributed by atoms with Crippen LogP contribution in [0.3, 0.4) is 0 Å². The Morgan fingerprint density at radius 3 is 2.60 bits per heavy atom. The minimum Gasteiger partial charge on any atom is -0.485 e. The summed E-state index contributed by atoms with van der Waals surface area (Å²) in [6.07, 6.45) is 0. The van der Waals surface area contributed by atoms with E-state index in [2.05, 4.69) is 4.74 Å². The molecule has 3 nitrogen and oxygen atoms in total. The van der Waals surface area contributed by atoms with Crippen LogP contribution in [-0.4, -0.2) is 23.6 Å². The fourth-order valence-corrected chi connectivity index (χ4v) is 0.982. The van der Waals surface area contributed by atoms with Gasteiger partial charge in [0, 0.05) is 0 Å². The first-order chi connectivity index (χ1) is 6.93. The van der Waals surface area contributed by atoms with Crippen LogP contribution in [0.25, 0.3) is 0 Å². The zero-order valence-electron chi connectivity index (χ0n) is 7.41. The molecule has 6 heteroatoms. The maximum absolute atomic E-state index is 12.6. The molecule has 1 aromatic carbocycles. The topological polar surface area (TPSA) is 46.5 Å². The van der Waals surface area contributed by atoms with Crippen molar-refractivity contribution < 1.29 is 23.4 Å². The summed E-state index contributed by atoms with van der Waals surface area (Å²) in [6.45, 7) is -1.24. The summed E-state index contributed by atoms with van der Waals surface area (Å²) in [5.74, 6) is -6.12. The Morgan fingerprint density at radius 2 is 2.07 bits per heavy atom. The number of alkyl halides is 2. The third-order valence-electron chi connectivity index (χ3n) is 1.56. The van der Waals surface area contributed by atoms with Crippen molar-refractivity contribution in [2.45, 2.75) is 5.92 Å². The van der Waals surface area contributed by atoms with Crippen LogP contribution in [0, 0.1) is 0 Å². The molecule has 0 radical (unpaired) electrons. The third-order valence-corrected chi connectivity index (χ3v) is 1.87. The van der Waals surface area contributed by atoms with E-state index < -0.39 is 18.5 Å². The van der Waals surface area contributed by atoms with Crippen molar-refractivity contribution in [1.29, 1.82) is 0 Å². The Morgan fingerprint density at radius 1 is 1.47 bits per heavy atom. The molecular formula is C9H7ClF2O3. The van der Waals surface area contributed by atoms with Crippen LogP contribution in [0.15, 0.2) is 24.3 Å². The number of para-hydroxylation sites is 1. The standard InChI is InChI=1S/C9H7ClF2O3/c10-6-3-1-2-4-7(6)15-5-9(11,12)8(13)14/h1-4H,5H2,(H,13,14). The molecule has 0 aromatic heterocycles. The van der Waals surface area contributed by atoms with Gasteiger partial charge in [0.15, 0.2) is 6.61 Å². The molecule has 0 saturated carbocycles. The van der Waals surface area contributed by atoms with Crippen LogP contribution >= 0.6 is 11.6 Å². The van der Waals surface area contributed by atoms with Crippen LogP contribution in [0.4, 0.5) is 8.78 Å². The van der Waals surface area contributed by atoms with Crippen LogP contribution in [0.2, 0.25) is 5.02 Å². The van der Waals surface area contributed by atoms with Crippen LogP contribution in [-0.2, 0) is 4.79 Å². The molecule has 0 saturated heterocycles. The fourth-order valence-electron chi connectivity index (χ4n) is 0.792. The van der Waals surface area contributed by atoms with E-state index in [0.29, 0.717) is 0 Å². The maximum atomic E-state index is 12.6. The summed E-state index contributed by atoms with van der Waals surface area (Å²) in [6, 6.07) is 5.97. The van der Waals surface area contributed by atoms with E-state index >= 15 is 0 Å². The predicted molar refractivity (Wildman–Crippen MR) is 49.5 cm³/mol. The van der Waals surface area contributed by atoms with Crippen molar-refractivity contribution in [3.63, 3.8) is 0 Å². The molecule has 0 heterocycles. The quantitative estimate of drug-likeness (QED) is 0.873. The molecule has 0 bridgehead atoms. The Hall–Kier alpha value is -1.36. The van der Waals surface area contributed by atoms with Crippen LogP contribution in [0.1, 0.15) is 0 Å². The summed E-state index contributed by atoms with van der Waals surface area (Å²) in [5.41, 5.74) is 0. The third kappa shape index (κ3) is 3.06. The van der Waals surface area contributed by atoms with E-state index in [9.17, 15) is 13.6 Å². The average Bonchev–Trinajstić information content (AvgIpc) is 2.16. The number of ether oxygens (including phenoxy) is 1. The number of halogens is 3. The number of benzene rings is 1. The lowest BCUT2D eigenvalue weighted by Crippen LogP contribution is -2.35. The van der Waals surface area contributed by atoms with Crippen molar-refractivity contribution in [3.8, 4) is 5.75 Å². The smallest absolute Gasteiger partial charge is 0.378 e. The van der Waals surface area contributed by atoms with Gasteiger partial charge in [-0.1, -0.05) is 23.7 Å². The van der Waals surface area contributed by atoms with Crippen molar-refractivity contribution >= 4 is 17.6 Å². The Balaban J connectivity index is 2.66. The van der Waals surface area contributed by atoms with Gasteiger partial charge in [-0.15, -0.1) is 0 Å². The molecule has 0 aliphatic rings. The summed E-state index contributed by atoms with van der Waals surface area (Å²) in [5, 5.41) is 8.28. The minimum atomic E-state index is -3.92. The van der Waals surface area contributed by atoms with Crippen LogP contribution in [0.5, 0.6) is 5.75 Å². The zero-order valence-corrected chi connectivity index (χ0v) is 8.17. The maximum Gasteiger partial charge on any atom is 0.378 e. The van der Waals surface area contributed by atoms with E-state index in [1.807, 2.05) is 0 Å². The molecule has 0 aliphatic heterocycles. The van der Waals surface area contributed by atoms with Gasteiger partial charge in [-0.3, -0.25) is 0 Å². The Labute approximate surface area is 89.2 Å². The molecule has 0 atom stereocenters. The monoisotopic (exact) mass is 236 g/mol. The lowest BCUT2D eigenvalue weighted by Gasteiger charge is -2.13. The second-order valence-electron chi connectivity index (χ2n) is 2.73. The summed E-state index contributed by atoms with van der Waals surface area (Å²) in [4.78, 5) is 10.1. The highest BCUT2D eigenvalue weighted by Crippen LogP contribution is 2.25. The highest BCUT2D eigenvalue weighted by Gasteiger charge is 2.40. The SMILES string of the molecule is O=C(O)C(F)(F)COc1ccccc1Cl. The summed E-state index contributed by atoms with van der Waals surface area (Å²) < 4.78 is 29.8. The number of aliphatic carboxylic acids is 1. The molecule has 82 valence electrons. The van der Waals surface area contributed by atoms with E-state index in [0.717, 1.165) is 0 Å². The van der Waals surface area contributed by atoms with Gasteiger partial charge < -0.3 is 9.84 Å². The number of carboxylic acids is 1. The van der Waals surface area contributed by atoms with Crippen molar-refractivity contribution in [1.82, 2.24) is 0 Å². The summed E-state index contributed by atoms with van der Waals surface area (Å²) >= 11 is 5.62. The number of hydrogen-bond acceptors (Lipinski definition) is 2. The second kappa shape index (κ2) is 4.44. The molecule has 0 amide bonds. The van der Waals surface area contributed by atoms with E-state index in [-0.39, 0.29) is 10.8 Å². The first-order valence-electron chi connectivity index (χ1n) is 3.92. The molecule has 1 N–H and O–H groups in total. The Bertz CT molecular complexity index is 368. The Kier molecular flexibility index (Phi) is 3.47. The number of carboxylic acid groups (broad SMARTS) is 1. The molecule has 15 heavy (non-hydrogen) atoms. The van der Waals surface area contributed by atoms with E-state index in [4.69, 9.17) is 16.7 Å². The molecule has 1 rings (SSSR count). The summed E-state index contributed by atoms with van der Waals surface area (Å²) in [7, 11) is 0. The van der Waals surface area contributed by atoms with E-state index in [1.54, 1.807) is 12.1 Å². The molecule has 0 unspecified atom stereocenters. The van der Waals surface area contributed by atoms with Crippen molar-refractivity contribution in [3.05, 3.63) is 29.3 Å². The molecule has 1 aromatic rings. The first-order valence-corrected chi connectivity index (χ1v) is 4.30. The minimum absolute atomic E-state index is 0.0279. The van der Waals surface area contributed by atoms with Gasteiger partial charge in [-0.2, -0.15) is 8.78 Å². The number of hydrogen-bond donors (Lipinski definition) is 1. The first kappa shape index (κ1) is 11.7. The van der Waals surface area contributed by atoms with Gasteiger partial charge in [0.1, 0.15) is 5.75 Å². The van der Waals surface area contributed by atoms with Gasteiger partial charge in [-0.25, -0.2) is 4.79 Å². The lowest BCUT2D eigenvalue weighted by molar-refractivity contribution is -0.168. The fraction of sp³-hybridized carbons (Fsp3) is 0.222. The van der Waals surface area contributed by atoms with Gasteiger partial charge in [0.25, 0.3) is 0 Å². The van der Waals surface area contributed by atoms with Gasteiger partial charge in [-0.05, 0) is 12.1 Å². The highest BCUT2D eigenvalue weighted by molar-refractivity contribution is 6.32. The zero-order chi connectivity index (χ0) is 11.5. The predicted octanol–water partition coefficient (Wildman–Crippen LogP) is 2.44. The van der Waals surface area contributed by atoms with Gasteiger partial charge >= 0.3 is 11.9 Å². The highest BCUT2D eigenvalue weighted by atomic mass is 35.5. The van der Waals surface area contributed by atoms with Crippen LogP contribution < -0.4 is 4.74 Å². The molecule has 0 aliphatic carbocycles. The largest absolute Gasteiger partial charge is 0.485 e. The number of rotatable bonds is 4. The average molecular weight is 237 g/mol.